The van der Waals surface area contributed by atoms with Gasteiger partial charge >= 0.3 is 0 Å². The Labute approximate surface area is 137 Å². The Morgan fingerprint density at radius 3 is 2.76 bits per heavy atom. The molecule has 114 valence electrons. The fraction of sp³-hybridized carbons (Fsp3) is 0.308. The summed E-state index contributed by atoms with van der Waals surface area (Å²) in [4.78, 5) is 4.99. The maximum atomic E-state index is 12.3. The van der Waals surface area contributed by atoms with Crippen LogP contribution in [0.1, 0.15) is 18.7 Å². The summed E-state index contributed by atoms with van der Waals surface area (Å²) in [6.45, 7) is 4.75. The summed E-state index contributed by atoms with van der Waals surface area (Å²) >= 11 is 4.52. The van der Waals surface area contributed by atoms with Gasteiger partial charge in [0.2, 0.25) is 0 Å². The molecule has 0 aliphatic rings. The Morgan fingerprint density at radius 1 is 1.33 bits per heavy atom. The van der Waals surface area contributed by atoms with Gasteiger partial charge in [-0.2, -0.15) is 0 Å². The van der Waals surface area contributed by atoms with E-state index in [1.54, 1.807) is 18.2 Å². The number of hydrogen-bond donors (Lipinski definition) is 2. The first-order chi connectivity index (χ1) is 9.88. The molecule has 0 bridgehead atoms. The number of sulfonamides is 1. The largest absolute Gasteiger partial charge is 0.310 e. The van der Waals surface area contributed by atoms with E-state index in [4.69, 9.17) is 0 Å². The highest BCUT2D eigenvalue weighted by atomic mass is 79.9. The SMILES string of the molecule is CC(C)NCc1ccc(S(=O)(=O)Nc2ncccc2Br)s1. The predicted molar refractivity (Wildman–Crippen MR) is 89.0 cm³/mol. The van der Waals surface area contributed by atoms with Crippen molar-refractivity contribution in [2.75, 3.05) is 4.72 Å². The molecule has 0 spiro atoms. The van der Waals surface area contributed by atoms with E-state index in [1.807, 2.05) is 19.9 Å². The molecule has 2 rings (SSSR count). The topological polar surface area (TPSA) is 71.1 Å². The van der Waals surface area contributed by atoms with E-state index < -0.39 is 10.0 Å². The molecule has 0 atom stereocenters. The summed E-state index contributed by atoms with van der Waals surface area (Å²) in [5, 5.41) is 3.26. The van der Waals surface area contributed by atoms with E-state index in [-0.39, 0.29) is 10.0 Å². The van der Waals surface area contributed by atoms with Crippen LogP contribution in [0.5, 0.6) is 0 Å². The highest BCUT2D eigenvalue weighted by Crippen LogP contribution is 2.26. The zero-order chi connectivity index (χ0) is 15.5. The summed E-state index contributed by atoms with van der Waals surface area (Å²) in [6.07, 6.45) is 1.54. The summed E-state index contributed by atoms with van der Waals surface area (Å²) in [6, 6.07) is 7.25. The van der Waals surface area contributed by atoms with Gasteiger partial charge < -0.3 is 5.32 Å². The molecule has 0 aromatic carbocycles. The van der Waals surface area contributed by atoms with Crippen molar-refractivity contribution >= 4 is 43.1 Å². The molecule has 0 amide bonds. The van der Waals surface area contributed by atoms with Gasteiger partial charge in [-0.25, -0.2) is 13.4 Å². The van der Waals surface area contributed by atoms with Crippen molar-refractivity contribution in [3.8, 4) is 0 Å². The first-order valence-electron chi connectivity index (χ1n) is 6.34. The van der Waals surface area contributed by atoms with Crippen molar-refractivity contribution < 1.29 is 8.42 Å². The Morgan fingerprint density at radius 2 is 2.10 bits per heavy atom. The second kappa shape index (κ2) is 6.87. The Kier molecular flexibility index (Phi) is 5.37. The number of pyridine rings is 1. The third-order valence-corrected chi connectivity index (χ3v) is 6.13. The monoisotopic (exact) mass is 389 g/mol. The lowest BCUT2D eigenvalue weighted by Gasteiger charge is -2.07. The number of rotatable bonds is 6. The van der Waals surface area contributed by atoms with Crippen molar-refractivity contribution in [3.63, 3.8) is 0 Å². The molecule has 8 heteroatoms. The van der Waals surface area contributed by atoms with Crippen molar-refractivity contribution in [3.05, 3.63) is 39.8 Å². The van der Waals surface area contributed by atoms with Crippen LogP contribution in [-0.2, 0) is 16.6 Å². The highest BCUT2D eigenvalue weighted by Gasteiger charge is 2.18. The summed E-state index contributed by atoms with van der Waals surface area (Å²) in [5.74, 6) is 0.285. The smallest absolute Gasteiger partial charge is 0.272 e. The van der Waals surface area contributed by atoms with Crippen LogP contribution in [0, 0.1) is 0 Å². The van der Waals surface area contributed by atoms with Crippen LogP contribution in [-0.4, -0.2) is 19.4 Å². The maximum Gasteiger partial charge on any atom is 0.272 e. The van der Waals surface area contributed by atoms with E-state index in [2.05, 4.69) is 31.0 Å². The Bertz CT molecular complexity index is 714. The molecule has 2 N–H and O–H groups in total. The zero-order valence-electron chi connectivity index (χ0n) is 11.6. The number of anilines is 1. The minimum atomic E-state index is -3.61. The quantitative estimate of drug-likeness (QED) is 0.795. The molecule has 21 heavy (non-hydrogen) atoms. The molecule has 0 saturated carbocycles. The molecule has 2 aromatic heterocycles. The molecular weight excluding hydrogens is 374 g/mol. The standard InChI is InChI=1S/C13H16BrN3O2S2/c1-9(2)16-8-10-5-6-12(20-10)21(18,19)17-13-11(14)4-3-7-15-13/h3-7,9,16H,8H2,1-2H3,(H,15,17). The van der Waals surface area contributed by atoms with Crippen molar-refractivity contribution in [2.45, 2.75) is 30.6 Å². The average Bonchev–Trinajstić information content (AvgIpc) is 2.88. The molecule has 0 unspecified atom stereocenters. The van der Waals surface area contributed by atoms with E-state index in [9.17, 15) is 8.42 Å². The van der Waals surface area contributed by atoms with Crippen LogP contribution in [0.15, 0.2) is 39.1 Å². The maximum absolute atomic E-state index is 12.3. The van der Waals surface area contributed by atoms with Crippen LogP contribution >= 0.6 is 27.3 Å². The fourth-order valence-electron chi connectivity index (χ4n) is 1.54. The van der Waals surface area contributed by atoms with Crippen LogP contribution in [0.2, 0.25) is 0 Å². The van der Waals surface area contributed by atoms with Gasteiger partial charge in [0.25, 0.3) is 10.0 Å². The number of hydrogen-bond acceptors (Lipinski definition) is 5. The highest BCUT2D eigenvalue weighted by molar-refractivity contribution is 9.10. The van der Waals surface area contributed by atoms with Gasteiger partial charge in [-0.1, -0.05) is 13.8 Å². The van der Waals surface area contributed by atoms with Gasteiger partial charge in [0.05, 0.1) is 4.47 Å². The number of halogens is 1. The molecule has 0 radical (unpaired) electrons. The zero-order valence-corrected chi connectivity index (χ0v) is 14.8. The predicted octanol–water partition coefficient (Wildman–Crippen LogP) is 3.20. The van der Waals surface area contributed by atoms with Crippen molar-refractivity contribution in [2.24, 2.45) is 0 Å². The Balaban J connectivity index is 2.15. The molecule has 0 aliphatic carbocycles. The van der Waals surface area contributed by atoms with E-state index in [0.717, 1.165) is 4.88 Å². The summed E-state index contributed by atoms with van der Waals surface area (Å²) in [7, 11) is -3.61. The second-order valence-electron chi connectivity index (χ2n) is 4.70. The minimum Gasteiger partial charge on any atom is -0.310 e. The molecule has 2 heterocycles. The molecule has 2 aromatic rings. The summed E-state index contributed by atoms with van der Waals surface area (Å²) in [5.41, 5.74) is 0. The fourth-order valence-corrected chi connectivity index (χ4v) is 4.36. The molecule has 5 nitrogen and oxygen atoms in total. The third-order valence-electron chi connectivity index (χ3n) is 2.58. The van der Waals surface area contributed by atoms with Crippen molar-refractivity contribution in [1.82, 2.24) is 10.3 Å². The number of nitrogens with zero attached hydrogens (tertiary/aromatic N) is 1. The molecule has 0 fully saturated rings. The molecule has 0 saturated heterocycles. The first-order valence-corrected chi connectivity index (χ1v) is 9.43. The Hall–Kier alpha value is -0.960. The normalized spacial score (nSPS) is 11.8. The second-order valence-corrected chi connectivity index (χ2v) is 8.63. The van der Waals surface area contributed by atoms with Crippen LogP contribution in [0.4, 0.5) is 5.82 Å². The molecular formula is C13H16BrN3O2S2. The van der Waals surface area contributed by atoms with Gasteiger partial charge in [-0.3, -0.25) is 4.72 Å². The van der Waals surface area contributed by atoms with Gasteiger partial charge in [0.1, 0.15) is 4.21 Å². The van der Waals surface area contributed by atoms with E-state index >= 15 is 0 Å². The van der Waals surface area contributed by atoms with Gasteiger partial charge in [0.15, 0.2) is 5.82 Å². The number of nitrogens with one attached hydrogen (secondary N) is 2. The van der Waals surface area contributed by atoms with Gasteiger partial charge in [-0.15, -0.1) is 11.3 Å². The van der Waals surface area contributed by atoms with Crippen LogP contribution in [0.3, 0.4) is 0 Å². The number of thiophene rings is 1. The van der Waals surface area contributed by atoms with Gasteiger partial charge in [0, 0.05) is 23.7 Å². The first kappa shape index (κ1) is 16.4. The lowest BCUT2D eigenvalue weighted by molar-refractivity contribution is 0.593. The van der Waals surface area contributed by atoms with E-state index in [0.29, 0.717) is 17.1 Å². The molecule has 0 aliphatic heterocycles. The lowest BCUT2D eigenvalue weighted by Crippen LogP contribution is -2.21. The average molecular weight is 390 g/mol. The minimum absolute atomic E-state index is 0.278. The lowest BCUT2D eigenvalue weighted by atomic mass is 10.4. The van der Waals surface area contributed by atoms with Crippen LogP contribution in [0.25, 0.3) is 0 Å². The third kappa shape index (κ3) is 4.50. The van der Waals surface area contributed by atoms with Crippen molar-refractivity contribution in [1.29, 1.82) is 0 Å². The summed E-state index contributed by atoms with van der Waals surface area (Å²) < 4.78 is 28.0. The van der Waals surface area contributed by atoms with Gasteiger partial charge in [-0.05, 0) is 40.2 Å². The van der Waals surface area contributed by atoms with E-state index in [1.165, 1.54) is 17.5 Å². The number of aromatic nitrogens is 1. The van der Waals surface area contributed by atoms with Crippen LogP contribution < -0.4 is 10.0 Å².